The SMILES string of the molecule is Cc1ccc(S(=O)(=O)N2Cc3ccccc3OC[C@@H]2C(C)C)cc1. The zero-order valence-corrected chi connectivity index (χ0v) is 15.1. The predicted molar refractivity (Wildman–Crippen MR) is 94.5 cm³/mol. The molecule has 0 aliphatic carbocycles. The summed E-state index contributed by atoms with van der Waals surface area (Å²) in [5.41, 5.74) is 1.94. The summed E-state index contributed by atoms with van der Waals surface area (Å²) in [6, 6.07) is 14.5. The fourth-order valence-electron chi connectivity index (χ4n) is 2.95. The van der Waals surface area contributed by atoms with Crippen LogP contribution in [-0.4, -0.2) is 25.4 Å². The van der Waals surface area contributed by atoms with Gasteiger partial charge in [0.05, 0.1) is 10.9 Å². The third kappa shape index (κ3) is 3.19. The van der Waals surface area contributed by atoms with Gasteiger partial charge < -0.3 is 4.74 Å². The van der Waals surface area contributed by atoms with Crippen molar-refractivity contribution >= 4 is 10.0 Å². The Morgan fingerprint density at radius 2 is 1.75 bits per heavy atom. The van der Waals surface area contributed by atoms with E-state index in [9.17, 15) is 8.42 Å². The van der Waals surface area contributed by atoms with Crippen LogP contribution < -0.4 is 4.74 Å². The molecule has 2 aromatic carbocycles. The van der Waals surface area contributed by atoms with Gasteiger partial charge in [0.15, 0.2) is 0 Å². The molecule has 0 spiro atoms. The van der Waals surface area contributed by atoms with Crippen LogP contribution in [-0.2, 0) is 16.6 Å². The fourth-order valence-corrected chi connectivity index (χ4v) is 4.67. The highest BCUT2D eigenvalue weighted by molar-refractivity contribution is 7.89. The smallest absolute Gasteiger partial charge is 0.243 e. The Hall–Kier alpha value is -1.85. The Morgan fingerprint density at radius 1 is 1.08 bits per heavy atom. The van der Waals surface area contributed by atoms with Gasteiger partial charge in [-0.15, -0.1) is 0 Å². The van der Waals surface area contributed by atoms with Gasteiger partial charge in [-0.25, -0.2) is 8.42 Å². The fraction of sp³-hybridized carbons (Fsp3) is 0.368. The highest BCUT2D eigenvalue weighted by Crippen LogP contribution is 2.31. The quantitative estimate of drug-likeness (QED) is 0.854. The summed E-state index contributed by atoms with van der Waals surface area (Å²) in [5.74, 6) is 0.921. The Morgan fingerprint density at radius 3 is 2.42 bits per heavy atom. The third-order valence-corrected chi connectivity index (χ3v) is 6.36. The van der Waals surface area contributed by atoms with Crippen molar-refractivity contribution in [2.75, 3.05) is 6.61 Å². The van der Waals surface area contributed by atoms with Crippen molar-refractivity contribution in [3.63, 3.8) is 0 Å². The van der Waals surface area contributed by atoms with Gasteiger partial charge in [0, 0.05) is 12.1 Å². The van der Waals surface area contributed by atoms with Gasteiger partial charge in [0.25, 0.3) is 0 Å². The van der Waals surface area contributed by atoms with Crippen LogP contribution in [0.25, 0.3) is 0 Å². The first kappa shape index (κ1) is 17.0. The number of hydrogen-bond donors (Lipinski definition) is 0. The minimum atomic E-state index is -3.59. The van der Waals surface area contributed by atoms with E-state index in [0.29, 0.717) is 18.0 Å². The molecule has 0 aromatic heterocycles. The van der Waals surface area contributed by atoms with E-state index in [1.165, 1.54) is 0 Å². The normalized spacial score (nSPS) is 18.8. The maximum atomic E-state index is 13.2. The van der Waals surface area contributed by atoms with Crippen LogP contribution in [0.3, 0.4) is 0 Å². The lowest BCUT2D eigenvalue weighted by Crippen LogP contribution is -2.44. The van der Waals surface area contributed by atoms with E-state index < -0.39 is 10.0 Å². The first-order valence-corrected chi connectivity index (χ1v) is 9.63. The topological polar surface area (TPSA) is 46.6 Å². The highest BCUT2D eigenvalue weighted by atomic mass is 32.2. The Balaban J connectivity index is 2.05. The second kappa shape index (κ2) is 6.57. The van der Waals surface area contributed by atoms with Crippen LogP contribution in [0.4, 0.5) is 0 Å². The molecule has 1 heterocycles. The largest absolute Gasteiger partial charge is 0.492 e. The van der Waals surface area contributed by atoms with Crippen LogP contribution in [0.1, 0.15) is 25.0 Å². The van der Waals surface area contributed by atoms with Crippen molar-refractivity contribution in [1.82, 2.24) is 4.31 Å². The van der Waals surface area contributed by atoms with E-state index in [0.717, 1.165) is 16.9 Å². The van der Waals surface area contributed by atoms with Crippen LogP contribution in [0, 0.1) is 12.8 Å². The number of para-hydroxylation sites is 1. The maximum Gasteiger partial charge on any atom is 0.243 e. The van der Waals surface area contributed by atoms with Crippen molar-refractivity contribution < 1.29 is 13.2 Å². The summed E-state index contributed by atoms with van der Waals surface area (Å²) in [6.07, 6.45) is 0. The first-order valence-electron chi connectivity index (χ1n) is 8.19. The summed E-state index contributed by atoms with van der Waals surface area (Å²) >= 11 is 0. The lowest BCUT2D eigenvalue weighted by Gasteiger charge is -2.31. The Labute approximate surface area is 144 Å². The Bertz CT molecular complexity index is 813. The molecule has 0 bridgehead atoms. The average molecular weight is 345 g/mol. The van der Waals surface area contributed by atoms with Gasteiger partial charge in [-0.05, 0) is 31.0 Å². The molecule has 1 atom stereocenters. The molecule has 24 heavy (non-hydrogen) atoms. The number of sulfonamides is 1. The molecule has 2 aromatic rings. The van der Waals surface area contributed by atoms with E-state index in [1.807, 2.05) is 57.2 Å². The molecule has 0 fully saturated rings. The summed E-state index contributed by atoms with van der Waals surface area (Å²) in [4.78, 5) is 0.332. The van der Waals surface area contributed by atoms with Crippen molar-refractivity contribution in [3.05, 3.63) is 59.7 Å². The molecule has 4 nitrogen and oxygen atoms in total. The second-order valence-corrected chi connectivity index (χ2v) is 8.48. The summed E-state index contributed by atoms with van der Waals surface area (Å²) < 4.78 is 34.0. The number of hydrogen-bond acceptors (Lipinski definition) is 3. The molecule has 0 saturated carbocycles. The molecule has 0 amide bonds. The van der Waals surface area contributed by atoms with Gasteiger partial charge >= 0.3 is 0 Å². The van der Waals surface area contributed by atoms with Crippen LogP contribution in [0.15, 0.2) is 53.4 Å². The number of benzene rings is 2. The molecule has 0 unspecified atom stereocenters. The number of rotatable bonds is 3. The lowest BCUT2D eigenvalue weighted by molar-refractivity contribution is 0.180. The molecular weight excluding hydrogens is 322 g/mol. The standard InChI is InChI=1S/C19H23NO3S/c1-14(2)18-13-23-19-7-5-4-6-16(19)12-20(18)24(21,22)17-10-8-15(3)9-11-17/h4-11,14,18H,12-13H2,1-3H3/t18-/m1/s1. The Kier molecular flexibility index (Phi) is 4.65. The molecular formula is C19H23NO3S. The van der Waals surface area contributed by atoms with Gasteiger partial charge in [0.2, 0.25) is 10.0 Å². The zero-order valence-electron chi connectivity index (χ0n) is 14.3. The summed E-state index contributed by atoms with van der Waals surface area (Å²) in [5, 5.41) is 0. The van der Waals surface area contributed by atoms with Crippen LogP contribution in [0.2, 0.25) is 0 Å². The monoisotopic (exact) mass is 345 g/mol. The number of aryl methyl sites for hydroxylation is 1. The summed E-state index contributed by atoms with van der Waals surface area (Å²) in [6.45, 7) is 6.70. The van der Waals surface area contributed by atoms with E-state index in [-0.39, 0.29) is 12.0 Å². The number of ether oxygens (including phenoxy) is 1. The van der Waals surface area contributed by atoms with E-state index >= 15 is 0 Å². The minimum absolute atomic E-state index is 0.152. The van der Waals surface area contributed by atoms with Crippen LogP contribution in [0.5, 0.6) is 5.75 Å². The van der Waals surface area contributed by atoms with Gasteiger partial charge in [0.1, 0.15) is 12.4 Å². The molecule has 5 heteroatoms. The van der Waals surface area contributed by atoms with E-state index in [2.05, 4.69) is 0 Å². The second-order valence-electron chi connectivity index (χ2n) is 6.59. The van der Waals surface area contributed by atoms with Gasteiger partial charge in [-0.3, -0.25) is 0 Å². The van der Waals surface area contributed by atoms with Crippen molar-refractivity contribution in [1.29, 1.82) is 0 Å². The lowest BCUT2D eigenvalue weighted by atomic mass is 10.1. The summed E-state index contributed by atoms with van der Waals surface area (Å²) in [7, 11) is -3.59. The zero-order chi connectivity index (χ0) is 17.3. The average Bonchev–Trinajstić information content (AvgIpc) is 2.75. The predicted octanol–water partition coefficient (Wildman–Crippen LogP) is 3.60. The minimum Gasteiger partial charge on any atom is -0.492 e. The van der Waals surface area contributed by atoms with Crippen molar-refractivity contribution in [2.45, 2.75) is 38.3 Å². The number of fused-ring (bicyclic) bond motifs is 1. The molecule has 3 rings (SSSR count). The number of nitrogens with zero attached hydrogens (tertiary/aromatic N) is 1. The van der Waals surface area contributed by atoms with E-state index in [4.69, 9.17) is 4.74 Å². The molecule has 1 aliphatic heterocycles. The molecule has 0 radical (unpaired) electrons. The van der Waals surface area contributed by atoms with Gasteiger partial charge in [-0.2, -0.15) is 4.31 Å². The van der Waals surface area contributed by atoms with Gasteiger partial charge in [-0.1, -0.05) is 49.7 Å². The third-order valence-electron chi connectivity index (χ3n) is 4.48. The molecule has 0 N–H and O–H groups in total. The maximum absolute atomic E-state index is 13.2. The highest BCUT2D eigenvalue weighted by Gasteiger charge is 2.36. The van der Waals surface area contributed by atoms with Crippen LogP contribution >= 0.6 is 0 Å². The molecule has 1 aliphatic rings. The molecule has 0 saturated heterocycles. The van der Waals surface area contributed by atoms with E-state index in [1.54, 1.807) is 16.4 Å². The molecule has 128 valence electrons. The first-order chi connectivity index (χ1) is 11.4. The van der Waals surface area contributed by atoms with Crippen molar-refractivity contribution in [3.8, 4) is 5.75 Å². The van der Waals surface area contributed by atoms with Crippen molar-refractivity contribution in [2.24, 2.45) is 5.92 Å².